The summed E-state index contributed by atoms with van der Waals surface area (Å²) in [6, 6.07) is 8.35. The van der Waals surface area contributed by atoms with Gasteiger partial charge in [0.2, 0.25) is 5.91 Å². The molecule has 1 aliphatic rings. The van der Waals surface area contributed by atoms with Crippen molar-refractivity contribution >= 4 is 17.7 Å². The summed E-state index contributed by atoms with van der Waals surface area (Å²) in [6.07, 6.45) is 3.39. The highest BCUT2D eigenvalue weighted by molar-refractivity contribution is 7.99. The Hall–Kier alpha value is -1.75. The third kappa shape index (κ3) is 3.47. The fraction of sp³-hybridized carbons (Fsp3) is 0.312. The number of aryl methyl sites for hydroxylation is 1. The van der Waals surface area contributed by atoms with Gasteiger partial charge >= 0.3 is 0 Å². The molecule has 1 aliphatic heterocycles. The van der Waals surface area contributed by atoms with Gasteiger partial charge in [-0.15, -0.1) is 11.8 Å². The number of amides is 1. The predicted molar refractivity (Wildman–Crippen MR) is 79.7 cm³/mol. The van der Waals surface area contributed by atoms with E-state index in [-0.39, 0.29) is 17.8 Å². The molecule has 0 bridgehead atoms. The monoisotopic (exact) mass is 305 g/mol. The first-order valence-electron chi connectivity index (χ1n) is 6.96. The molecule has 0 saturated heterocycles. The number of hydrogen-bond acceptors (Lipinski definition) is 3. The number of thioether (sulfide) groups is 1. The molecule has 2 heterocycles. The Morgan fingerprint density at radius 2 is 2.33 bits per heavy atom. The Balaban J connectivity index is 1.63. The van der Waals surface area contributed by atoms with Gasteiger partial charge < -0.3 is 9.73 Å². The first-order chi connectivity index (χ1) is 10.2. The quantitative estimate of drug-likeness (QED) is 0.936. The van der Waals surface area contributed by atoms with Crippen molar-refractivity contribution < 1.29 is 13.6 Å². The Labute approximate surface area is 126 Å². The Bertz CT molecular complexity index is 627. The summed E-state index contributed by atoms with van der Waals surface area (Å²) >= 11 is 1.71. The molecule has 110 valence electrons. The Kier molecular flexibility index (Phi) is 4.29. The Morgan fingerprint density at radius 3 is 3.14 bits per heavy atom. The number of hydrogen-bond donors (Lipinski definition) is 1. The molecular weight excluding hydrogens is 289 g/mol. The van der Waals surface area contributed by atoms with Crippen LogP contribution in [0.2, 0.25) is 0 Å². The van der Waals surface area contributed by atoms with Crippen LogP contribution in [0.3, 0.4) is 0 Å². The van der Waals surface area contributed by atoms with E-state index in [0.29, 0.717) is 12.8 Å². The van der Waals surface area contributed by atoms with Gasteiger partial charge in [-0.25, -0.2) is 4.39 Å². The van der Waals surface area contributed by atoms with E-state index in [2.05, 4.69) is 5.32 Å². The van der Waals surface area contributed by atoms with Crippen molar-refractivity contribution in [3.63, 3.8) is 0 Å². The van der Waals surface area contributed by atoms with Crippen LogP contribution >= 0.6 is 11.8 Å². The second-order valence-electron chi connectivity index (χ2n) is 5.02. The van der Waals surface area contributed by atoms with Crippen molar-refractivity contribution in [2.45, 2.75) is 30.2 Å². The molecule has 0 saturated carbocycles. The van der Waals surface area contributed by atoms with E-state index in [0.717, 1.165) is 28.4 Å². The van der Waals surface area contributed by atoms with Crippen LogP contribution in [-0.2, 0) is 11.2 Å². The van der Waals surface area contributed by atoms with Crippen molar-refractivity contribution in [2.75, 3.05) is 5.75 Å². The molecule has 1 atom stereocenters. The maximum Gasteiger partial charge on any atom is 0.220 e. The number of halogens is 1. The van der Waals surface area contributed by atoms with Crippen molar-refractivity contribution in [2.24, 2.45) is 0 Å². The smallest absolute Gasteiger partial charge is 0.220 e. The number of carbonyl (C=O) groups is 1. The van der Waals surface area contributed by atoms with E-state index in [1.807, 2.05) is 12.1 Å². The highest BCUT2D eigenvalue weighted by atomic mass is 32.2. The third-order valence-electron chi connectivity index (χ3n) is 3.53. The van der Waals surface area contributed by atoms with E-state index < -0.39 is 0 Å². The second kappa shape index (κ2) is 6.35. The molecule has 21 heavy (non-hydrogen) atoms. The Morgan fingerprint density at radius 1 is 1.43 bits per heavy atom. The first kappa shape index (κ1) is 14.2. The number of nitrogens with one attached hydrogen (secondary N) is 1. The average Bonchev–Trinajstić information content (AvgIpc) is 2.99. The summed E-state index contributed by atoms with van der Waals surface area (Å²) in [4.78, 5) is 13.1. The van der Waals surface area contributed by atoms with E-state index in [9.17, 15) is 9.18 Å². The molecule has 1 N–H and O–H groups in total. The molecule has 1 amide bonds. The molecule has 1 unspecified atom stereocenters. The minimum absolute atomic E-state index is 0.0292. The van der Waals surface area contributed by atoms with E-state index >= 15 is 0 Å². The van der Waals surface area contributed by atoms with Crippen LogP contribution in [0, 0.1) is 5.82 Å². The molecule has 3 nitrogen and oxygen atoms in total. The van der Waals surface area contributed by atoms with Gasteiger partial charge in [0.1, 0.15) is 11.6 Å². The molecule has 5 heteroatoms. The van der Waals surface area contributed by atoms with Gasteiger partial charge in [-0.05, 0) is 42.3 Å². The third-order valence-corrected chi connectivity index (χ3v) is 4.65. The van der Waals surface area contributed by atoms with Crippen LogP contribution in [0.15, 0.2) is 45.9 Å². The molecule has 3 rings (SSSR count). The normalized spacial score (nSPS) is 17.3. The van der Waals surface area contributed by atoms with Crippen molar-refractivity contribution in [3.05, 3.63) is 53.7 Å². The zero-order valence-corrected chi connectivity index (χ0v) is 12.3. The summed E-state index contributed by atoms with van der Waals surface area (Å²) in [7, 11) is 0. The molecular formula is C16H16FNO2S. The number of carbonyl (C=O) groups excluding carboxylic acids is 1. The fourth-order valence-electron chi connectivity index (χ4n) is 2.47. The number of furan rings is 1. The summed E-state index contributed by atoms with van der Waals surface area (Å²) < 4.78 is 18.6. The maximum atomic E-state index is 13.4. The van der Waals surface area contributed by atoms with Crippen LogP contribution in [0.5, 0.6) is 0 Å². The van der Waals surface area contributed by atoms with Crippen LogP contribution in [0.25, 0.3) is 0 Å². The zero-order valence-electron chi connectivity index (χ0n) is 11.5. The first-order valence-corrected chi connectivity index (χ1v) is 7.95. The van der Waals surface area contributed by atoms with Crippen LogP contribution < -0.4 is 5.32 Å². The van der Waals surface area contributed by atoms with Crippen molar-refractivity contribution in [1.82, 2.24) is 5.32 Å². The molecule has 1 aromatic carbocycles. The van der Waals surface area contributed by atoms with Gasteiger partial charge in [0.05, 0.1) is 12.3 Å². The number of benzene rings is 1. The zero-order chi connectivity index (χ0) is 14.7. The highest BCUT2D eigenvalue weighted by Crippen LogP contribution is 2.36. The predicted octanol–water partition coefficient (Wildman–Crippen LogP) is 3.70. The highest BCUT2D eigenvalue weighted by Gasteiger charge is 2.22. The van der Waals surface area contributed by atoms with Crippen LogP contribution in [0.4, 0.5) is 4.39 Å². The van der Waals surface area contributed by atoms with Gasteiger partial charge in [-0.3, -0.25) is 4.79 Å². The SMILES string of the molecule is O=C(CCc1ccco1)NC1CCSc2ccc(F)cc21. The molecule has 2 aromatic rings. The van der Waals surface area contributed by atoms with Crippen LogP contribution in [-0.4, -0.2) is 11.7 Å². The molecule has 0 fully saturated rings. The standard InChI is InChI=1S/C16H16FNO2S/c17-11-3-5-15-13(10-11)14(7-9-21-15)18-16(19)6-4-12-2-1-8-20-12/h1-3,5,8,10,14H,4,6-7,9H2,(H,18,19). The largest absolute Gasteiger partial charge is 0.469 e. The summed E-state index contributed by atoms with van der Waals surface area (Å²) in [5, 5.41) is 3.00. The lowest BCUT2D eigenvalue weighted by molar-refractivity contribution is -0.121. The van der Waals surface area contributed by atoms with E-state index in [4.69, 9.17) is 4.42 Å². The summed E-state index contributed by atoms with van der Waals surface area (Å²) in [5.74, 6) is 1.45. The molecule has 0 aliphatic carbocycles. The number of rotatable bonds is 4. The summed E-state index contributed by atoms with van der Waals surface area (Å²) in [6.45, 7) is 0. The topological polar surface area (TPSA) is 42.2 Å². The lowest BCUT2D eigenvalue weighted by Crippen LogP contribution is -2.30. The minimum atomic E-state index is -0.258. The summed E-state index contributed by atoms with van der Waals surface area (Å²) in [5.41, 5.74) is 0.887. The van der Waals surface area contributed by atoms with Gasteiger partial charge in [-0.1, -0.05) is 0 Å². The lowest BCUT2D eigenvalue weighted by Gasteiger charge is -2.26. The second-order valence-corrected chi connectivity index (χ2v) is 6.16. The number of fused-ring (bicyclic) bond motifs is 1. The average molecular weight is 305 g/mol. The lowest BCUT2D eigenvalue weighted by atomic mass is 10.0. The van der Waals surface area contributed by atoms with Crippen molar-refractivity contribution in [3.8, 4) is 0 Å². The van der Waals surface area contributed by atoms with Crippen molar-refractivity contribution in [1.29, 1.82) is 0 Å². The van der Waals surface area contributed by atoms with Gasteiger partial charge in [0, 0.05) is 23.5 Å². The van der Waals surface area contributed by atoms with Crippen LogP contribution in [0.1, 0.15) is 30.2 Å². The van der Waals surface area contributed by atoms with Gasteiger partial charge in [0.15, 0.2) is 0 Å². The molecule has 0 radical (unpaired) electrons. The van der Waals surface area contributed by atoms with E-state index in [1.165, 1.54) is 12.1 Å². The maximum absolute atomic E-state index is 13.4. The van der Waals surface area contributed by atoms with Gasteiger partial charge in [0.25, 0.3) is 0 Å². The molecule has 0 spiro atoms. The minimum Gasteiger partial charge on any atom is -0.469 e. The van der Waals surface area contributed by atoms with E-state index in [1.54, 1.807) is 24.1 Å². The molecule has 1 aromatic heterocycles. The van der Waals surface area contributed by atoms with Gasteiger partial charge in [-0.2, -0.15) is 0 Å². The fourth-order valence-corrected chi connectivity index (χ4v) is 3.58.